The molecule has 1 aliphatic carbocycles. The molecule has 7 nitrogen and oxygen atoms in total. The first-order valence-electron chi connectivity index (χ1n) is 10.7. The van der Waals surface area contributed by atoms with E-state index in [1.165, 1.54) is 0 Å². The Morgan fingerprint density at radius 3 is 2.65 bits per heavy atom. The molecule has 1 saturated carbocycles. The zero-order chi connectivity index (χ0) is 21.4. The molecule has 3 atom stereocenters. The molecule has 6 rings (SSSR count). The molecule has 0 unspecified atom stereocenters. The number of aryl methyl sites for hydroxylation is 2. The van der Waals surface area contributed by atoms with Gasteiger partial charge in [0.15, 0.2) is 5.82 Å². The van der Waals surface area contributed by atoms with Gasteiger partial charge in [0.2, 0.25) is 5.88 Å². The van der Waals surface area contributed by atoms with Crippen LogP contribution in [-0.2, 0) is 0 Å². The monoisotopic (exact) mass is 415 g/mol. The highest BCUT2D eigenvalue weighted by Gasteiger charge is 2.45. The Morgan fingerprint density at radius 2 is 1.90 bits per heavy atom. The molecule has 7 heteroatoms. The molecule has 3 aromatic rings. The van der Waals surface area contributed by atoms with Crippen molar-refractivity contribution in [2.24, 2.45) is 5.92 Å². The van der Waals surface area contributed by atoms with Crippen LogP contribution in [0.15, 0.2) is 48.9 Å². The average molecular weight is 415 g/mol. The van der Waals surface area contributed by atoms with Gasteiger partial charge in [0, 0.05) is 36.9 Å². The molecule has 2 bridgehead atoms. The zero-order valence-electron chi connectivity index (χ0n) is 17.7. The molecule has 0 radical (unpaired) electrons. The third-order valence-corrected chi connectivity index (χ3v) is 6.18. The van der Waals surface area contributed by atoms with E-state index in [4.69, 9.17) is 4.74 Å². The minimum absolute atomic E-state index is 0.00690. The van der Waals surface area contributed by atoms with Gasteiger partial charge in [0.1, 0.15) is 11.8 Å². The number of pyridine rings is 2. The van der Waals surface area contributed by atoms with Crippen LogP contribution in [-0.4, -0.2) is 49.4 Å². The molecular formula is C24H25N5O2. The molecular weight excluding hydrogens is 390 g/mol. The number of piperidine rings is 2. The summed E-state index contributed by atoms with van der Waals surface area (Å²) in [6, 6.07) is 9.44. The second kappa shape index (κ2) is 8.06. The summed E-state index contributed by atoms with van der Waals surface area (Å²) in [5.41, 5.74) is 2.96. The molecule has 158 valence electrons. The number of amides is 1. The second-order valence-electron chi connectivity index (χ2n) is 8.46. The molecule has 0 spiro atoms. The van der Waals surface area contributed by atoms with Gasteiger partial charge >= 0.3 is 0 Å². The number of hydrogen-bond donors (Lipinski definition) is 0. The van der Waals surface area contributed by atoms with E-state index >= 15 is 0 Å². The number of fused-ring (bicyclic) bond motifs is 3. The predicted octanol–water partition coefficient (Wildman–Crippen LogP) is 3.62. The van der Waals surface area contributed by atoms with E-state index in [1.54, 1.807) is 18.5 Å². The summed E-state index contributed by atoms with van der Waals surface area (Å²) >= 11 is 0. The normalized spacial score (nSPS) is 22.4. The molecule has 2 aliphatic heterocycles. The van der Waals surface area contributed by atoms with Gasteiger partial charge in [-0.2, -0.15) is 0 Å². The van der Waals surface area contributed by atoms with E-state index in [0.29, 0.717) is 28.9 Å². The standard InChI is InChI=1S/C24H25N5O2/c1-15-4-9-21(27-13-15)31-20-12-17-6-8-19(20)29(14-17)24(30)22-18(7-5-16(2)28-22)23-25-10-3-11-26-23/h3-5,7,9-11,13,17,19-20H,6,8,12,14H2,1-2H3/t17-,19+,20-/m1/s1. The number of aromatic nitrogens is 4. The molecule has 3 aliphatic rings. The Kier molecular flexibility index (Phi) is 5.10. The van der Waals surface area contributed by atoms with E-state index in [1.807, 2.05) is 49.2 Å². The fourth-order valence-electron chi connectivity index (χ4n) is 4.65. The van der Waals surface area contributed by atoms with Crippen LogP contribution >= 0.6 is 0 Å². The third-order valence-electron chi connectivity index (χ3n) is 6.18. The average Bonchev–Trinajstić information content (AvgIpc) is 2.81. The third kappa shape index (κ3) is 3.87. The Labute approximate surface area is 181 Å². The van der Waals surface area contributed by atoms with Crippen LogP contribution in [0.3, 0.4) is 0 Å². The van der Waals surface area contributed by atoms with E-state index in [-0.39, 0.29) is 18.1 Å². The van der Waals surface area contributed by atoms with Crippen LogP contribution in [0.25, 0.3) is 11.4 Å². The Hall–Kier alpha value is -3.35. The SMILES string of the molecule is Cc1ccc(O[C@@H]2C[C@H]3CC[C@@H]2N(C(=O)c2nc(C)ccc2-c2ncccn2)C3)nc1. The van der Waals surface area contributed by atoms with Crippen LogP contribution < -0.4 is 4.74 Å². The first-order valence-corrected chi connectivity index (χ1v) is 10.7. The largest absolute Gasteiger partial charge is 0.472 e. The summed E-state index contributed by atoms with van der Waals surface area (Å²) < 4.78 is 6.25. The summed E-state index contributed by atoms with van der Waals surface area (Å²) in [5, 5.41) is 0. The Morgan fingerprint density at radius 1 is 1.06 bits per heavy atom. The van der Waals surface area contributed by atoms with Crippen molar-refractivity contribution >= 4 is 5.91 Å². The number of carbonyl (C=O) groups excluding carboxylic acids is 1. The van der Waals surface area contributed by atoms with Crippen molar-refractivity contribution in [2.45, 2.75) is 45.3 Å². The van der Waals surface area contributed by atoms with Gasteiger partial charge < -0.3 is 9.64 Å². The van der Waals surface area contributed by atoms with Crippen LogP contribution in [0.2, 0.25) is 0 Å². The van der Waals surface area contributed by atoms with Gasteiger partial charge in [0.25, 0.3) is 5.91 Å². The number of hydrogen-bond acceptors (Lipinski definition) is 6. The summed E-state index contributed by atoms with van der Waals surface area (Å²) in [5.74, 6) is 1.47. The second-order valence-corrected chi connectivity index (χ2v) is 8.46. The van der Waals surface area contributed by atoms with Crippen LogP contribution in [0.1, 0.15) is 41.0 Å². The maximum Gasteiger partial charge on any atom is 0.273 e. The van der Waals surface area contributed by atoms with Crippen molar-refractivity contribution in [3.05, 3.63) is 65.9 Å². The van der Waals surface area contributed by atoms with Crippen molar-refractivity contribution in [1.82, 2.24) is 24.8 Å². The van der Waals surface area contributed by atoms with Gasteiger partial charge in [-0.25, -0.2) is 19.9 Å². The van der Waals surface area contributed by atoms with Crippen molar-refractivity contribution < 1.29 is 9.53 Å². The molecule has 2 saturated heterocycles. The van der Waals surface area contributed by atoms with Gasteiger partial charge in [-0.1, -0.05) is 6.07 Å². The Bertz CT molecular complexity index is 1090. The molecule has 5 heterocycles. The number of ether oxygens (including phenoxy) is 1. The van der Waals surface area contributed by atoms with Crippen molar-refractivity contribution in [3.63, 3.8) is 0 Å². The molecule has 0 N–H and O–H groups in total. The number of nitrogens with zero attached hydrogens (tertiary/aromatic N) is 5. The smallest absolute Gasteiger partial charge is 0.273 e. The van der Waals surface area contributed by atoms with Crippen LogP contribution in [0.5, 0.6) is 5.88 Å². The van der Waals surface area contributed by atoms with E-state index in [2.05, 4.69) is 19.9 Å². The van der Waals surface area contributed by atoms with Gasteiger partial charge in [-0.3, -0.25) is 4.79 Å². The highest BCUT2D eigenvalue weighted by atomic mass is 16.5. The summed E-state index contributed by atoms with van der Waals surface area (Å²) in [4.78, 5) is 33.3. The lowest BCUT2D eigenvalue weighted by molar-refractivity contribution is -0.0315. The highest BCUT2D eigenvalue weighted by molar-refractivity contribution is 5.98. The quantitative estimate of drug-likeness (QED) is 0.647. The number of rotatable bonds is 4. The van der Waals surface area contributed by atoms with Crippen molar-refractivity contribution in [2.75, 3.05) is 6.54 Å². The van der Waals surface area contributed by atoms with E-state index < -0.39 is 0 Å². The van der Waals surface area contributed by atoms with E-state index in [9.17, 15) is 4.79 Å². The van der Waals surface area contributed by atoms with Gasteiger partial charge in [-0.05, 0) is 62.8 Å². The number of carbonyl (C=O) groups is 1. The summed E-state index contributed by atoms with van der Waals surface area (Å²) in [7, 11) is 0. The predicted molar refractivity (Wildman–Crippen MR) is 116 cm³/mol. The van der Waals surface area contributed by atoms with Crippen molar-refractivity contribution in [1.29, 1.82) is 0 Å². The highest BCUT2D eigenvalue weighted by Crippen LogP contribution is 2.38. The molecule has 3 fully saturated rings. The summed E-state index contributed by atoms with van der Waals surface area (Å²) in [6.45, 7) is 4.63. The molecule has 0 aromatic carbocycles. The molecule has 31 heavy (non-hydrogen) atoms. The van der Waals surface area contributed by atoms with Crippen molar-refractivity contribution in [3.8, 4) is 17.3 Å². The topological polar surface area (TPSA) is 81.1 Å². The Balaban J connectivity index is 1.44. The lowest BCUT2D eigenvalue weighted by Crippen LogP contribution is -2.59. The minimum atomic E-state index is -0.0778. The molecule has 3 aromatic heterocycles. The maximum absolute atomic E-state index is 13.7. The summed E-state index contributed by atoms with van der Waals surface area (Å²) in [6.07, 6.45) is 8.09. The minimum Gasteiger partial charge on any atom is -0.472 e. The maximum atomic E-state index is 13.7. The zero-order valence-corrected chi connectivity index (χ0v) is 17.7. The van der Waals surface area contributed by atoms with E-state index in [0.717, 1.165) is 37.1 Å². The van der Waals surface area contributed by atoms with Gasteiger partial charge in [-0.15, -0.1) is 0 Å². The van der Waals surface area contributed by atoms with Crippen LogP contribution in [0, 0.1) is 19.8 Å². The lowest BCUT2D eigenvalue weighted by atomic mass is 9.77. The lowest BCUT2D eigenvalue weighted by Gasteiger charge is -2.49. The fourth-order valence-corrected chi connectivity index (χ4v) is 4.65. The first-order chi connectivity index (χ1) is 15.1. The van der Waals surface area contributed by atoms with Crippen LogP contribution in [0.4, 0.5) is 0 Å². The molecule has 1 amide bonds. The van der Waals surface area contributed by atoms with Gasteiger partial charge in [0.05, 0.1) is 11.6 Å². The fraction of sp³-hybridized carbons (Fsp3) is 0.375. The first kappa shape index (κ1) is 19.6.